The summed E-state index contributed by atoms with van der Waals surface area (Å²) < 4.78 is 4.98. The van der Waals surface area contributed by atoms with Crippen LogP contribution in [0.2, 0.25) is 5.02 Å². The average Bonchev–Trinajstić information content (AvgIpc) is 2.77. The molecule has 0 aliphatic heterocycles. The van der Waals surface area contributed by atoms with Crippen LogP contribution in [0.1, 0.15) is 26.3 Å². The van der Waals surface area contributed by atoms with Gasteiger partial charge < -0.3 is 4.74 Å². The molecule has 0 aliphatic rings. The summed E-state index contributed by atoms with van der Waals surface area (Å²) in [4.78, 5) is 24.5. The SMILES string of the molecule is CC(C)(C)OC(=O)C(=O)Cn1nc2cc(Cl)cc(C#N)c2n1. The molecule has 0 N–H and O–H groups in total. The van der Waals surface area contributed by atoms with Crippen LogP contribution in [-0.2, 0) is 20.9 Å². The standard InChI is InChI=1S/C14H13ClN4O3/c1-14(2,3)22-13(21)11(20)7-19-17-10-5-9(15)4-8(6-16)12(10)18-19/h4-5H,7H2,1-3H3. The summed E-state index contributed by atoms with van der Waals surface area (Å²) in [5.74, 6) is -1.73. The number of nitrogens with zero attached hydrogens (tertiary/aromatic N) is 4. The lowest BCUT2D eigenvalue weighted by Crippen LogP contribution is -2.31. The highest BCUT2D eigenvalue weighted by Crippen LogP contribution is 2.20. The largest absolute Gasteiger partial charge is 0.454 e. The van der Waals surface area contributed by atoms with Gasteiger partial charge >= 0.3 is 5.97 Å². The lowest BCUT2D eigenvalue weighted by Gasteiger charge is -2.18. The van der Waals surface area contributed by atoms with Gasteiger partial charge in [-0.25, -0.2) is 4.79 Å². The molecule has 0 saturated carbocycles. The molecule has 0 fully saturated rings. The van der Waals surface area contributed by atoms with E-state index in [0.29, 0.717) is 16.1 Å². The van der Waals surface area contributed by atoms with E-state index in [2.05, 4.69) is 10.2 Å². The summed E-state index contributed by atoms with van der Waals surface area (Å²) in [5.41, 5.74) is 0.194. The van der Waals surface area contributed by atoms with E-state index in [1.807, 2.05) is 6.07 Å². The van der Waals surface area contributed by atoms with Crippen molar-refractivity contribution in [3.63, 3.8) is 0 Å². The molecular weight excluding hydrogens is 308 g/mol. The zero-order valence-corrected chi connectivity index (χ0v) is 13.0. The maximum absolute atomic E-state index is 11.8. The predicted molar refractivity (Wildman–Crippen MR) is 78.1 cm³/mol. The summed E-state index contributed by atoms with van der Waals surface area (Å²) in [6, 6.07) is 4.94. The van der Waals surface area contributed by atoms with Crippen LogP contribution in [0, 0.1) is 11.3 Å². The molecule has 0 unspecified atom stereocenters. The van der Waals surface area contributed by atoms with E-state index in [0.717, 1.165) is 4.80 Å². The van der Waals surface area contributed by atoms with Gasteiger partial charge in [-0.1, -0.05) is 11.6 Å². The lowest BCUT2D eigenvalue weighted by molar-refractivity contribution is -0.162. The highest BCUT2D eigenvalue weighted by atomic mass is 35.5. The first-order valence-corrected chi connectivity index (χ1v) is 6.78. The van der Waals surface area contributed by atoms with Crippen molar-refractivity contribution in [2.24, 2.45) is 0 Å². The smallest absolute Gasteiger partial charge is 0.377 e. The molecule has 0 spiro atoms. The number of rotatable bonds is 3. The average molecular weight is 321 g/mol. The van der Waals surface area contributed by atoms with E-state index < -0.39 is 17.4 Å². The van der Waals surface area contributed by atoms with Gasteiger partial charge in [-0.05, 0) is 32.9 Å². The zero-order valence-electron chi connectivity index (χ0n) is 12.3. The second kappa shape index (κ2) is 5.73. The molecular formula is C14H13ClN4O3. The van der Waals surface area contributed by atoms with Crippen molar-refractivity contribution in [3.05, 3.63) is 22.7 Å². The van der Waals surface area contributed by atoms with Gasteiger partial charge in [-0.3, -0.25) is 4.79 Å². The van der Waals surface area contributed by atoms with E-state index in [-0.39, 0.29) is 12.1 Å². The van der Waals surface area contributed by atoms with Crippen molar-refractivity contribution in [1.82, 2.24) is 15.0 Å². The molecule has 1 aromatic carbocycles. The molecule has 22 heavy (non-hydrogen) atoms. The van der Waals surface area contributed by atoms with Crippen molar-refractivity contribution >= 4 is 34.4 Å². The molecule has 0 amide bonds. The Labute approximate surface area is 131 Å². The number of hydrogen-bond acceptors (Lipinski definition) is 6. The van der Waals surface area contributed by atoms with Crippen LogP contribution < -0.4 is 0 Å². The van der Waals surface area contributed by atoms with Gasteiger partial charge in [0.15, 0.2) is 0 Å². The molecule has 114 valence electrons. The first kappa shape index (κ1) is 15.9. The first-order chi connectivity index (χ1) is 10.2. The minimum atomic E-state index is -0.951. The molecule has 1 aromatic heterocycles. The number of carbonyl (C=O) groups excluding carboxylic acids is 2. The summed E-state index contributed by atoms with van der Waals surface area (Å²) in [7, 11) is 0. The van der Waals surface area contributed by atoms with Gasteiger partial charge in [0.2, 0.25) is 0 Å². The second-order valence-electron chi connectivity index (χ2n) is 5.59. The van der Waals surface area contributed by atoms with E-state index in [9.17, 15) is 9.59 Å². The Bertz CT molecular complexity index is 799. The Balaban J connectivity index is 2.24. The predicted octanol–water partition coefficient (Wildman–Crippen LogP) is 1.87. The fraction of sp³-hybridized carbons (Fsp3) is 0.357. The van der Waals surface area contributed by atoms with E-state index in [4.69, 9.17) is 21.6 Å². The van der Waals surface area contributed by atoms with Crippen molar-refractivity contribution < 1.29 is 14.3 Å². The Kier molecular flexibility index (Phi) is 4.15. The van der Waals surface area contributed by atoms with E-state index >= 15 is 0 Å². The third kappa shape index (κ3) is 3.59. The number of ether oxygens (including phenoxy) is 1. The summed E-state index contributed by atoms with van der Waals surface area (Å²) >= 11 is 5.87. The van der Waals surface area contributed by atoms with Crippen molar-refractivity contribution in [2.45, 2.75) is 32.9 Å². The van der Waals surface area contributed by atoms with Crippen LogP contribution in [0.3, 0.4) is 0 Å². The Morgan fingerprint density at radius 3 is 2.64 bits per heavy atom. The number of benzene rings is 1. The summed E-state index contributed by atoms with van der Waals surface area (Å²) in [5, 5.41) is 17.5. The van der Waals surface area contributed by atoms with Crippen LogP contribution >= 0.6 is 11.6 Å². The number of fused-ring (bicyclic) bond motifs is 1. The molecule has 2 aromatic rings. The van der Waals surface area contributed by atoms with Crippen LogP contribution in [0.5, 0.6) is 0 Å². The van der Waals surface area contributed by atoms with Crippen molar-refractivity contribution in [1.29, 1.82) is 5.26 Å². The number of nitriles is 1. The fourth-order valence-electron chi connectivity index (χ4n) is 1.71. The molecule has 0 aliphatic carbocycles. The normalized spacial score (nSPS) is 11.2. The number of carbonyl (C=O) groups is 2. The van der Waals surface area contributed by atoms with Crippen LogP contribution in [0.25, 0.3) is 11.0 Å². The van der Waals surface area contributed by atoms with E-state index in [1.54, 1.807) is 20.8 Å². The summed E-state index contributed by atoms with van der Waals surface area (Å²) in [6.07, 6.45) is 0. The third-order valence-electron chi connectivity index (χ3n) is 2.53. The number of aromatic nitrogens is 3. The highest BCUT2D eigenvalue weighted by molar-refractivity contribution is 6.33. The molecule has 0 saturated heterocycles. The molecule has 0 bridgehead atoms. The van der Waals surface area contributed by atoms with E-state index in [1.165, 1.54) is 12.1 Å². The van der Waals surface area contributed by atoms with Crippen LogP contribution in [0.4, 0.5) is 0 Å². The van der Waals surface area contributed by atoms with Gasteiger partial charge in [-0.15, -0.1) is 0 Å². The first-order valence-electron chi connectivity index (χ1n) is 6.40. The summed E-state index contributed by atoms with van der Waals surface area (Å²) in [6.45, 7) is 4.63. The lowest BCUT2D eigenvalue weighted by atomic mass is 10.2. The fourth-order valence-corrected chi connectivity index (χ4v) is 1.92. The number of esters is 1. The van der Waals surface area contributed by atoms with Gasteiger partial charge in [0, 0.05) is 5.02 Å². The minimum absolute atomic E-state index is 0.249. The number of Topliss-reactive ketones (excluding diaryl/α,β-unsaturated/α-hetero) is 1. The number of halogens is 1. The molecule has 8 heteroatoms. The molecule has 1 heterocycles. The Hall–Kier alpha value is -2.46. The molecule has 2 rings (SSSR count). The van der Waals surface area contributed by atoms with Crippen molar-refractivity contribution in [2.75, 3.05) is 0 Å². The molecule has 0 atom stereocenters. The van der Waals surface area contributed by atoms with Gasteiger partial charge in [-0.2, -0.15) is 20.3 Å². The van der Waals surface area contributed by atoms with Gasteiger partial charge in [0.25, 0.3) is 5.78 Å². The topological polar surface area (TPSA) is 97.9 Å². The monoisotopic (exact) mass is 320 g/mol. The molecule has 0 radical (unpaired) electrons. The Morgan fingerprint density at radius 2 is 2.05 bits per heavy atom. The highest BCUT2D eigenvalue weighted by Gasteiger charge is 2.24. The number of ketones is 1. The van der Waals surface area contributed by atoms with Crippen LogP contribution in [0.15, 0.2) is 12.1 Å². The maximum atomic E-state index is 11.8. The third-order valence-corrected chi connectivity index (χ3v) is 2.74. The van der Waals surface area contributed by atoms with Crippen LogP contribution in [-0.4, -0.2) is 32.3 Å². The minimum Gasteiger partial charge on any atom is -0.454 e. The van der Waals surface area contributed by atoms with Gasteiger partial charge in [0.1, 0.15) is 29.2 Å². The zero-order chi connectivity index (χ0) is 16.5. The number of hydrogen-bond donors (Lipinski definition) is 0. The van der Waals surface area contributed by atoms with Gasteiger partial charge in [0.05, 0.1) is 5.56 Å². The Morgan fingerprint density at radius 1 is 1.36 bits per heavy atom. The second-order valence-corrected chi connectivity index (χ2v) is 6.02. The molecule has 7 nitrogen and oxygen atoms in total. The maximum Gasteiger partial charge on any atom is 0.377 e. The van der Waals surface area contributed by atoms with Crippen molar-refractivity contribution in [3.8, 4) is 6.07 Å². The quantitative estimate of drug-likeness (QED) is 0.632.